The van der Waals surface area contributed by atoms with Gasteiger partial charge in [-0.3, -0.25) is 4.79 Å². The van der Waals surface area contributed by atoms with Gasteiger partial charge in [0.05, 0.1) is 6.61 Å². The van der Waals surface area contributed by atoms with Crippen LogP contribution in [0.25, 0.3) is 0 Å². The second-order valence-corrected chi connectivity index (χ2v) is 8.23. The van der Waals surface area contributed by atoms with Gasteiger partial charge in [-0.25, -0.2) is 0 Å². The predicted molar refractivity (Wildman–Crippen MR) is 121 cm³/mol. The molecule has 0 aliphatic carbocycles. The number of thioether (sulfide) groups is 1. The van der Waals surface area contributed by atoms with Crippen LogP contribution in [0.1, 0.15) is 28.4 Å². The van der Waals surface area contributed by atoms with Crippen molar-refractivity contribution in [3.63, 3.8) is 0 Å². The van der Waals surface area contributed by atoms with Gasteiger partial charge < -0.3 is 10.1 Å². The van der Waals surface area contributed by atoms with Gasteiger partial charge in [-0.05, 0) is 67.1 Å². The lowest BCUT2D eigenvalue weighted by Gasteiger charge is -2.13. The van der Waals surface area contributed by atoms with Gasteiger partial charge in [0.2, 0.25) is 0 Å². The average Bonchev–Trinajstić information content (AvgIpc) is 2.73. The van der Waals surface area contributed by atoms with Crippen LogP contribution in [0.5, 0.6) is 5.75 Å². The number of hydrogen-bond acceptors (Lipinski definition) is 3. The molecule has 1 N–H and O–H groups in total. The van der Waals surface area contributed by atoms with E-state index in [0.717, 1.165) is 21.8 Å². The number of benzene rings is 3. The smallest absolute Gasteiger partial charge is 0.251 e. The summed E-state index contributed by atoms with van der Waals surface area (Å²) in [5, 5.41) is 4.34. The van der Waals surface area contributed by atoms with Gasteiger partial charge in [-0.15, -0.1) is 11.8 Å². The lowest BCUT2D eigenvalue weighted by Crippen LogP contribution is -2.22. The lowest BCUT2D eigenvalue weighted by molar-refractivity contribution is 0.0951. The van der Waals surface area contributed by atoms with E-state index in [1.165, 1.54) is 0 Å². The zero-order valence-corrected chi connectivity index (χ0v) is 18.3. The summed E-state index contributed by atoms with van der Waals surface area (Å²) < 4.78 is 5.74. The number of carbonyl (C=O) groups excluding carboxylic acids is 1. The number of nitrogens with one attached hydrogen (secondary N) is 1. The maximum Gasteiger partial charge on any atom is 0.251 e. The van der Waals surface area contributed by atoms with Crippen molar-refractivity contribution in [3.05, 3.63) is 93.5 Å². The van der Waals surface area contributed by atoms with E-state index in [-0.39, 0.29) is 5.91 Å². The molecule has 0 fully saturated rings. The third-order valence-corrected chi connectivity index (χ3v) is 5.76. The van der Waals surface area contributed by atoms with E-state index in [2.05, 4.69) is 5.32 Å². The Balaban J connectivity index is 1.69. The van der Waals surface area contributed by atoms with Crippen molar-refractivity contribution in [2.75, 3.05) is 6.61 Å². The number of hydrogen-bond donors (Lipinski definition) is 1. The molecule has 0 saturated carbocycles. The van der Waals surface area contributed by atoms with E-state index in [4.69, 9.17) is 27.9 Å². The van der Waals surface area contributed by atoms with Crippen molar-refractivity contribution in [2.24, 2.45) is 0 Å². The summed E-state index contributed by atoms with van der Waals surface area (Å²) >= 11 is 13.5. The topological polar surface area (TPSA) is 38.3 Å². The first kappa shape index (κ1) is 21.6. The summed E-state index contributed by atoms with van der Waals surface area (Å²) in [7, 11) is 0. The van der Waals surface area contributed by atoms with Crippen LogP contribution in [0.2, 0.25) is 10.0 Å². The monoisotopic (exact) mass is 445 g/mol. The molecule has 0 aromatic heterocycles. The third kappa shape index (κ3) is 6.43. The molecule has 3 nitrogen and oxygen atoms in total. The predicted octanol–water partition coefficient (Wildman–Crippen LogP) is 6.61. The van der Waals surface area contributed by atoms with Crippen molar-refractivity contribution in [1.29, 1.82) is 0 Å². The summed E-state index contributed by atoms with van der Waals surface area (Å²) in [5.41, 5.74) is 2.58. The molecular weight excluding hydrogens is 425 g/mol. The van der Waals surface area contributed by atoms with Crippen molar-refractivity contribution in [3.8, 4) is 5.75 Å². The molecule has 0 atom stereocenters. The van der Waals surface area contributed by atoms with Gasteiger partial charge in [0.15, 0.2) is 0 Å². The summed E-state index contributed by atoms with van der Waals surface area (Å²) in [6.07, 6.45) is 0. The molecule has 29 heavy (non-hydrogen) atoms. The van der Waals surface area contributed by atoms with Gasteiger partial charge in [0.1, 0.15) is 5.75 Å². The Kier molecular flexibility index (Phi) is 7.87. The largest absolute Gasteiger partial charge is 0.494 e. The lowest BCUT2D eigenvalue weighted by atomic mass is 10.1. The van der Waals surface area contributed by atoms with Crippen LogP contribution in [-0.2, 0) is 12.3 Å². The van der Waals surface area contributed by atoms with Crippen LogP contribution in [0, 0.1) is 0 Å². The van der Waals surface area contributed by atoms with Crippen LogP contribution >= 0.6 is 35.0 Å². The Labute approximate surface area is 185 Å². The number of rotatable bonds is 8. The summed E-state index contributed by atoms with van der Waals surface area (Å²) in [6, 6.07) is 20.7. The first-order valence-electron chi connectivity index (χ1n) is 9.22. The molecule has 0 unspecified atom stereocenters. The fourth-order valence-corrected chi connectivity index (χ4v) is 3.84. The Morgan fingerprint density at radius 1 is 0.966 bits per heavy atom. The zero-order valence-electron chi connectivity index (χ0n) is 16.0. The minimum Gasteiger partial charge on any atom is -0.494 e. The quantitative estimate of drug-likeness (QED) is 0.396. The molecule has 0 aliphatic rings. The van der Waals surface area contributed by atoms with Gasteiger partial charge in [0, 0.05) is 38.4 Å². The van der Waals surface area contributed by atoms with E-state index in [1.54, 1.807) is 17.8 Å². The number of halogens is 2. The highest BCUT2D eigenvalue weighted by molar-refractivity contribution is 7.98. The van der Waals surface area contributed by atoms with E-state index >= 15 is 0 Å². The van der Waals surface area contributed by atoms with E-state index < -0.39 is 0 Å². The Morgan fingerprint density at radius 2 is 1.62 bits per heavy atom. The SMILES string of the molecule is CCOc1ccc(C(=O)NCc2ccc(Cl)cc2)cc1CSc1ccc(Cl)cc1. The van der Waals surface area contributed by atoms with Crippen molar-refractivity contribution in [2.45, 2.75) is 24.1 Å². The first-order valence-corrected chi connectivity index (χ1v) is 11.0. The molecule has 150 valence electrons. The van der Waals surface area contributed by atoms with Gasteiger partial charge in [0.25, 0.3) is 5.91 Å². The fraction of sp³-hybridized carbons (Fsp3) is 0.174. The van der Waals surface area contributed by atoms with Crippen molar-refractivity contribution in [1.82, 2.24) is 5.32 Å². The molecule has 3 aromatic rings. The molecule has 1 amide bonds. The third-order valence-electron chi connectivity index (χ3n) is 4.20. The van der Waals surface area contributed by atoms with Crippen LogP contribution < -0.4 is 10.1 Å². The molecule has 0 radical (unpaired) electrons. The second-order valence-electron chi connectivity index (χ2n) is 6.31. The normalized spacial score (nSPS) is 10.6. The molecule has 3 aromatic carbocycles. The molecule has 0 bridgehead atoms. The summed E-state index contributed by atoms with van der Waals surface area (Å²) in [4.78, 5) is 13.7. The highest BCUT2D eigenvalue weighted by atomic mass is 35.5. The number of carbonyl (C=O) groups is 1. The molecule has 0 aliphatic heterocycles. The van der Waals surface area contributed by atoms with Crippen LogP contribution in [0.15, 0.2) is 71.6 Å². The molecule has 0 heterocycles. The van der Waals surface area contributed by atoms with Crippen LogP contribution in [0.3, 0.4) is 0 Å². The fourth-order valence-electron chi connectivity index (χ4n) is 2.71. The number of ether oxygens (including phenoxy) is 1. The number of amides is 1. The molecule has 0 saturated heterocycles. The van der Waals surface area contributed by atoms with Crippen molar-refractivity contribution >= 4 is 40.9 Å². The minimum atomic E-state index is -0.124. The maximum absolute atomic E-state index is 12.6. The summed E-state index contributed by atoms with van der Waals surface area (Å²) in [5.74, 6) is 1.36. The standard InChI is InChI=1S/C23H21Cl2NO2S/c1-2-28-22-12-5-17(23(27)26-14-16-3-6-19(24)7-4-16)13-18(22)15-29-21-10-8-20(25)9-11-21/h3-13H,2,14-15H2,1H3,(H,26,27). The zero-order chi connectivity index (χ0) is 20.6. The maximum atomic E-state index is 12.6. The van der Waals surface area contributed by atoms with Gasteiger partial charge in [-0.2, -0.15) is 0 Å². The second kappa shape index (κ2) is 10.6. The van der Waals surface area contributed by atoms with Gasteiger partial charge in [-0.1, -0.05) is 35.3 Å². The van der Waals surface area contributed by atoms with E-state index in [9.17, 15) is 4.79 Å². The first-order chi connectivity index (χ1) is 14.0. The molecular formula is C23H21Cl2NO2S. The van der Waals surface area contributed by atoms with Gasteiger partial charge >= 0.3 is 0 Å². The van der Waals surface area contributed by atoms with E-state index in [0.29, 0.717) is 34.5 Å². The minimum absolute atomic E-state index is 0.124. The molecule has 6 heteroatoms. The Bertz CT molecular complexity index is 960. The summed E-state index contributed by atoms with van der Waals surface area (Å²) in [6.45, 7) is 2.96. The molecule has 0 spiro atoms. The van der Waals surface area contributed by atoms with E-state index in [1.807, 2.05) is 67.6 Å². The van der Waals surface area contributed by atoms with Crippen molar-refractivity contribution < 1.29 is 9.53 Å². The average molecular weight is 446 g/mol. The highest BCUT2D eigenvalue weighted by Gasteiger charge is 2.11. The molecule has 3 rings (SSSR count). The Hall–Kier alpha value is -2.14. The highest BCUT2D eigenvalue weighted by Crippen LogP contribution is 2.29. The van der Waals surface area contributed by atoms with Crippen LogP contribution in [0.4, 0.5) is 0 Å². The van der Waals surface area contributed by atoms with Crippen LogP contribution in [-0.4, -0.2) is 12.5 Å². The Morgan fingerprint density at radius 3 is 2.28 bits per heavy atom.